The Morgan fingerprint density at radius 1 is 1.17 bits per heavy atom. The monoisotopic (exact) mass is 496 g/mol. The fourth-order valence-electron chi connectivity index (χ4n) is 5.88. The molecule has 1 aromatic rings. The van der Waals surface area contributed by atoms with Gasteiger partial charge in [-0.1, -0.05) is 32.8 Å². The van der Waals surface area contributed by atoms with Gasteiger partial charge in [0.2, 0.25) is 12.7 Å². The van der Waals surface area contributed by atoms with Crippen molar-refractivity contribution < 1.29 is 14.3 Å². The fraction of sp³-hybridized carbons (Fsp3) is 0.655. The molecule has 1 saturated carbocycles. The highest BCUT2D eigenvalue weighted by molar-refractivity contribution is 5.78. The van der Waals surface area contributed by atoms with Gasteiger partial charge in [0.25, 0.3) is 0 Å². The molecule has 7 heteroatoms. The highest BCUT2D eigenvalue weighted by atomic mass is 16.7. The summed E-state index contributed by atoms with van der Waals surface area (Å²) < 4.78 is 11.2. The molecule has 3 aliphatic rings. The van der Waals surface area contributed by atoms with Gasteiger partial charge in [0.05, 0.1) is 6.54 Å². The summed E-state index contributed by atoms with van der Waals surface area (Å²) in [5.74, 6) is 2.75. The van der Waals surface area contributed by atoms with Gasteiger partial charge in [-0.3, -0.25) is 14.7 Å². The normalized spacial score (nSPS) is 25.2. The van der Waals surface area contributed by atoms with Crippen molar-refractivity contribution in [2.24, 2.45) is 16.6 Å². The Morgan fingerprint density at radius 2 is 1.92 bits per heavy atom. The molecule has 1 saturated heterocycles. The maximum absolute atomic E-state index is 13.5. The van der Waals surface area contributed by atoms with E-state index >= 15 is 0 Å². The molecular weight excluding hydrogens is 452 g/mol. The molecule has 2 fully saturated rings. The molecular formula is C29H44N4O3. The lowest BCUT2D eigenvalue weighted by molar-refractivity contribution is -0.133. The minimum Gasteiger partial charge on any atom is -0.454 e. The number of carbonyl (C=O) groups excluding carboxylic acids is 1. The molecule has 4 rings (SSSR count). The van der Waals surface area contributed by atoms with Crippen LogP contribution < -0.4 is 15.2 Å². The van der Waals surface area contributed by atoms with Crippen molar-refractivity contribution in [1.29, 1.82) is 0 Å². The number of nitrogens with zero attached hydrogens (tertiary/aromatic N) is 3. The number of amides is 1. The molecule has 0 bridgehead atoms. The second kappa shape index (κ2) is 12.1. The number of allylic oxidation sites excluding steroid dienone is 2. The van der Waals surface area contributed by atoms with Crippen LogP contribution in [-0.4, -0.2) is 67.0 Å². The van der Waals surface area contributed by atoms with E-state index in [1.165, 1.54) is 5.56 Å². The van der Waals surface area contributed by atoms with E-state index in [0.29, 0.717) is 18.4 Å². The summed E-state index contributed by atoms with van der Waals surface area (Å²) in [6.45, 7) is 10.5. The number of likely N-dealkylation sites (tertiary alicyclic amines) is 1. The zero-order valence-corrected chi connectivity index (χ0v) is 22.4. The minimum atomic E-state index is 0.0399. The molecule has 2 unspecified atom stereocenters. The largest absolute Gasteiger partial charge is 0.454 e. The van der Waals surface area contributed by atoms with E-state index in [1.54, 1.807) is 0 Å². The average Bonchev–Trinajstić information content (AvgIpc) is 3.18. The molecule has 0 radical (unpaired) electrons. The first-order valence-electron chi connectivity index (χ1n) is 13.9. The number of unbranched alkanes of at least 4 members (excludes halogenated alkanes) is 2. The Morgan fingerprint density at radius 3 is 2.64 bits per heavy atom. The van der Waals surface area contributed by atoms with Crippen LogP contribution in [0.25, 0.3) is 0 Å². The van der Waals surface area contributed by atoms with Crippen molar-refractivity contribution in [1.82, 2.24) is 9.80 Å². The number of benzene rings is 1. The van der Waals surface area contributed by atoms with Gasteiger partial charge in [-0.05, 0) is 74.6 Å². The van der Waals surface area contributed by atoms with Crippen LogP contribution in [-0.2, 0) is 4.79 Å². The predicted molar refractivity (Wildman–Crippen MR) is 145 cm³/mol. The number of fused-ring (bicyclic) bond motifs is 1. The van der Waals surface area contributed by atoms with Crippen molar-refractivity contribution in [3.8, 4) is 11.5 Å². The molecule has 0 aromatic heterocycles. The Bertz CT molecular complexity index is 954. The van der Waals surface area contributed by atoms with Gasteiger partial charge in [0, 0.05) is 43.6 Å². The molecule has 36 heavy (non-hydrogen) atoms. The van der Waals surface area contributed by atoms with E-state index in [2.05, 4.69) is 40.8 Å². The Kier molecular flexibility index (Phi) is 8.94. The molecule has 2 aliphatic heterocycles. The van der Waals surface area contributed by atoms with Crippen LogP contribution >= 0.6 is 0 Å². The highest BCUT2D eigenvalue weighted by Crippen LogP contribution is 2.60. The second-order valence-corrected chi connectivity index (χ2v) is 10.6. The molecule has 2 heterocycles. The van der Waals surface area contributed by atoms with Crippen molar-refractivity contribution in [2.75, 3.05) is 39.5 Å². The Balaban J connectivity index is 1.50. The van der Waals surface area contributed by atoms with E-state index in [4.69, 9.17) is 15.2 Å². The highest BCUT2D eigenvalue weighted by Gasteiger charge is 2.62. The van der Waals surface area contributed by atoms with Crippen molar-refractivity contribution in [3.63, 3.8) is 0 Å². The van der Waals surface area contributed by atoms with E-state index in [0.717, 1.165) is 88.3 Å². The fourth-order valence-corrected chi connectivity index (χ4v) is 5.88. The number of rotatable bonds is 13. The summed E-state index contributed by atoms with van der Waals surface area (Å²) in [6.07, 6.45) is 11.1. The maximum atomic E-state index is 13.5. The first-order valence-corrected chi connectivity index (χ1v) is 13.9. The van der Waals surface area contributed by atoms with Crippen LogP contribution in [0, 0.1) is 5.92 Å². The number of aliphatic imine (C=N–C) groups is 1. The molecule has 2 N–H and O–H groups in total. The van der Waals surface area contributed by atoms with Gasteiger partial charge in [0.1, 0.15) is 0 Å². The standard InChI is InChI=1S/C29H44N4O3/c1-4-7-13-32(14-8-5-2)28(34)20-33-19-23(22-9-10-26-27(15-22)36-21-35-26)17-29(33)18-24(29)16-25(30)11-12-31-6-3/h9-12,15,23-24H,4-8,13-14,16-21,30H2,1-3H3/b25-11-,31-12?/t23-,24?,29?/m1/s1. The number of ether oxygens (including phenoxy) is 2. The van der Waals surface area contributed by atoms with Crippen LogP contribution in [0.3, 0.4) is 0 Å². The second-order valence-electron chi connectivity index (χ2n) is 10.6. The molecule has 1 aliphatic carbocycles. The van der Waals surface area contributed by atoms with Gasteiger partial charge < -0.3 is 20.1 Å². The summed E-state index contributed by atoms with van der Waals surface area (Å²) in [7, 11) is 0. The van der Waals surface area contributed by atoms with Gasteiger partial charge >= 0.3 is 0 Å². The van der Waals surface area contributed by atoms with Crippen LogP contribution in [0.1, 0.15) is 77.2 Å². The molecule has 1 aromatic carbocycles. The topological polar surface area (TPSA) is 80.4 Å². The summed E-state index contributed by atoms with van der Waals surface area (Å²) in [5, 5.41) is 0. The maximum Gasteiger partial charge on any atom is 0.236 e. The molecule has 198 valence electrons. The van der Waals surface area contributed by atoms with Gasteiger partial charge in [-0.15, -0.1) is 0 Å². The third kappa shape index (κ3) is 6.05. The molecule has 1 spiro atoms. The lowest BCUT2D eigenvalue weighted by Gasteiger charge is -2.29. The van der Waals surface area contributed by atoms with Crippen molar-refractivity contribution in [3.05, 3.63) is 35.5 Å². The zero-order valence-electron chi connectivity index (χ0n) is 22.4. The third-order valence-electron chi connectivity index (χ3n) is 8.04. The first kappa shape index (κ1) is 26.5. The predicted octanol–water partition coefficient (Wildman–Crippen LogP) is 4.72. The van der Waals surface area contributed by atoms with E-state index in [1.807, 2.05) is 25.3 Å². The van der Waals surface area contributed by atoms with E-state index < -0.39 is 0 Å². The van der Waals surface area contributed by atoms with Crippen LogP contribution in [0.15, 0.2) is 35.0 Å². The van der Waals surface area contributed by atoms with Gasteiger partial charge in [0.15, 0.2) is 11.5 Å². The quantitative estimate of drug-likeness (QED) is 0.400. The minimum absolute atomic E-state index is 0.0399. The number of nitrogens with two attached hydrogens (primary N) is 1. The van der Waals surface area contributed by atoms with Crippen LogP contribution in [0.4, 0.5) is 0 Å². The number of carbonyl (C=O) groups is 1. The molecule has 3 atom stereocenters. The average molecular weight is 497 g/mol. The van der Waals surface area contributed by atoms with Gasteiger partial charge in [-0.2, -0.15) is 0 Å². The SMILES string of the molecule is CCCCN(CCCC)C(=O)CN1C[C@H](c2ccc3c(c2)OCO3)CC12CC2C/C(N)=C/C=NCC. The van der Waals surface area contributed by atoms with E-state index in [-0.39, 0.29) is 18.2 Å². The van der Waals surface area contributed by atoms with Crippen molar-refractivity contribution in [2.45, 2.75) is 77.2 Å². The Labute approximate surface area is 216 Å². The summed E-state index contributed by atoms with van der Waals surface area (Å²) >= 11 is 0. The van der Waals surface area contributed by atoms with Gasteiger partial charge in [-0.25, -0.2) is 0 Å². The summed E-state index contributed by atoms with van der Waals surface area (Å²) in [4.78, 5) is 22.4. The Hall–Kier alpha value is -2.54. The lowest BCUT2D eigenvalue weighted by Crippen LogP contribution is -2.44. The summed E-state index contributed by atoms with van der Waals surface area (Å²) in [6, 6.07) is 6.32. The van der Waals surface area contributed by atoms with Crippen molar-refractivity contribution >= 4 is 12.1 Å². The molecule has 1 amide bonds. The zero-order chi connectivity index (χ0) is 25.5. The lowest BCUT2D eigenvalue weighted by atomic mass is 9.94. The van der Waals surface area contributed by atoms with Crippen LogP contribution in [0.5, 0.6) is 11.5 Å². The smallest absolute Gasteiger partial charge is 0.236 e. The first-order chi connectivity index (χ1) is 17.5. The van der Waals surface area contributed by atoms with E-state index in [9.17, 15) is 4.79 Å². The van der Waals surface area contributed by atoms with Crippen LogP contribution in [0.2, 0.25) is 0 Å². The number of hydrogen-bond donors (Lipinski definition) is 1. The number of hydrogen-bond acceptors (Lipinski definition) is 6. The summed E-state index contributed by atoms with van der Waals surface area (Å²) in [5.41, 5.74) is 8.55. The third-order valence-corrected chi connectivity index (χ3v) is 8.04. The molecule has 7 nitrogen and oxygen atoms in total.